The van der Waals surface area contributed by atoms with Crippen LogP contribution in [-0.2, 0) is 0 Å². The number of alkyl halides is 3. The summed E-state index contributed by atoms with van der Waals surface area (Å²) in [5, 5.41) is 2.09. The van der Waals surface area contributed by atoms with Gasteiger partial charge in [0.1, 0.15) is 11.6 Å². The molecular weight excluding hydrogens is 241 g/mol. The van der Waals surface area contributed by atoms with Crippen molar-refractivity contribution < 1.29 is 22.0 Å². The first kappa shape index (κ1) is 13.9. The molecule has 0 aromatic heterocycles. The number of benzene rings is 1. The van der Waals surface area contributed by atoms with Crippen LogP contribution in [0.4, 0.5) is 22.0 Å². The van der Waals surface area contributed by atoms with Crippen LogP contribution in [-0.4, -0.2) is 12.7 Å². The smallest absolute Gasteiger partial charge is 0.302 e. The highest BCUT2D eigenvalue weighted by Gasteiger charge is 2.28. The van der Waals surface area contributed by atoms with E-state index in [2.05, 4.69) is 5.32 Å². The summed E-state index contributed by atoms with van der Waals surface area (Å²) in [6, 6.07) is 0.974. The molecule has 0 fully saturated rings. The fourth-order valence-electron chi connectivity index (χ4n) is 1.37. The molecule has 0 aliphatic heterocycles. The van der Waals surface area contributed by atoms with Gasteiger partial charge in [-0.25, -0.2) is 8.78 Å². The predicted molar refractivity (Wildman–Crippen MR) is 53.6 cm³/mol. The van der Waals surface area contributed by atoms with E-state index < -0.39 is 30.4 Å². The van der Waals surface area contributed by atoms with Crippen LogP contribution in [0, 0.1) is 18.6 Å². The highest BCUT2D eigenvalue weighted by atomic mass is 19.4. The lowest BCUT2D eigenvalue weighted by atomic mass is 10.1. The monoisotopic (exact) mass is 253 g/mol. The Morgan fingerprint density at radius 1 is 1.18 bits per heavy atom. The maximum Gasteiger partial charge on any atom is 0.401 e. The van der Waals surface area contributed by atoms with Crippen molar-refractivity contribution in [2.45, 2.75) is 26.1 Å². The summed E-state index contributed by atoms with van der Waals surface area (Å²) in [6.07, 6.45) is -4.38. The van der Waals surface area contributed by atoms with Gasteiger partial charge in [0, 0.05) is 11.6 Å². The fraction of sp³-hybridized carbons (Fsp3) is 0.455. The lowest BCUT2D eigenvalue weighted by Gasteiger charge is -2.17. The number of halogens is 5. The Hall–Kier alpha value is -1.17. The molecule has 0 bridgehead atoms. The van der Waals surface area contributed by atoms with Crippen molar-refractivity contribution in [3.63, 3.8) is 0 Å². The van der Waals surface area contributed by atoms with Crippen molar-refractivity contribution in [1.82, 2.24) is 5.32 Å². The van der Waals surface area contributed by atoms with E-state index in [1.807, 2.05) is 0 Å². The van der Waals surface area contributed by atoms with Gasteiger partial charge in [0.05, 0.1) is 6.54 Å². The third kappa shape index (κ3) is 3.96. The van der Waals surface area contributed by atoms with Gasteiger partial charge in [0.2, 0.25) is 0 Å². The summed E-state index contributed by atoms with van der Waals surface area (Å²) in [5.74, 6) is -1.35. The van der Waals surface area contributed by atoms with Crippen molar-refractivity contribution >= 4 is 0 Å². The SMILES string of the molecule is Cc1cc(F)c(C(C)NCC(F)(F)F)cc1F. The van der Waals surface area contributed by atoms with E-state index in [0.717, 1.165) is 12.1 Å². The molecule has 1 unspecified atom stereocenters. The molecule has 0 saturated carbocycles. The van der Waals surface area contributed by atoms with Crippen LogP contribution in [0.1, 0.15) is 24.1 Å². The minimum atomic E-state index is -4.38. The van der Waals surface area contributed by atoms with Gasteiger partial charge in [-0.15, -0.1) is 0 Å². The fourth-order valence-corrected chi connectivity index (χ4v) is 1.37. The molecule has 1 rings (SSSR count). The van der Waals surface area contributed by atoms with E-state index in [1.165, 1.54) is 13.8 Å². The molecule has 0 heterocycles. The number of rotatable bonds is 3. The minimum absolute atomic E-state index is 0.114. The molecule has 1 aromatic rings. The Morgan fingerprint density at radius 3 is 2.29 bits per heavy atom. The minimum Gasteiger partial charge on any atom is -0.302 e. The number of aryl methyl sites for hydroxylation is 1. The quantitative estimate of drug-likeness (QED) is 0.813. The number of hydrogen-bond acceptors (Lipinski definition) is 1. The number of hydrogen-bond donors (Lipinski definition) is 1. The Labute approximate surface area is 95.6 Å². The first-order valence-corrected chi connectivity index (χ1v) is 4.96. The van der Waals surface area contributed by atoms with E-state index in [-0.39, 0.29) is 11.1 Å². The summed E-state index contributed by atoms with van der Waals surface area (Å²) in [6.45, 7) is 1.48. The Bertz CT molecular complexity index is 400. The molecule has 1 aromatic carbocycles. The van der Waals surface area contributed by atoms with Crippen molar-refractivity contribution in [2.24, 2.45) is 0 Å². The number of nitrogens with one attached hydrogen (secondary N) is 1. The third-order valence-electron chi connectivity index (χ3n) is 2.35. The second-order valence-corrected chi connectivity index (χ2v) is 3.84. The predicted octanol–water partition coefficient (Wildman–Crippen LogP) is 3.49. The molecule has 0 amide bonds. The summed E-state index contributed by atoms with van der Waals surface area (Å²) in [5.41, 5.74) is 0.00613. The maximum atomic E-state index is 13.4. The first-order valence-electron chi connectivity index (χ1n) is 4.96. The molecule has 0 aliphatic rings. The maximum absolute atomic E-state index is 13.4. The van der Waals surface area contributed by atoms with Gasteiger partial charge >= 0.3 is 6.18 Å². The summed E-state index contributed by atoms with van der Waals surface area (Å²) < 4.78 is 62.4. The largest absolute Gasteiger partial charge is 0.401 e. The van der Waals surface area contributed by atoms with E-state index in [9.17, 15) is 22.0 Å². The third-order valence-corrected chi connectivity index (χ3v) is 2.35. The zero-order valence-electron chi connectivity index (χ0n) is 9.33. The summed E-state index contributed by atoms with van der Waals surface area (Å²) in [7, 11) is 0. The molecule has 96 valence electrons. The normalized spacial score (nSPS) is 13.8. The lowest BCUT2D eigenvalue weighted by Crippen LogP contribution is -2.31. The molecule has 17 heavy (non-hydrogen) atoms. The molecule has 0 radical (unpaired) electrons. The van der Waals surface area contributed by atoms with Gasteiger partial charge in [-0.3, -0.25) is 0 Å². The lowest BCUT2D eigenvalue weighted by molar-refractivity contribution is -0.126. The average molecular weight is 253 g/mol. The van der Waals surface area contributed by atoms with Gasteiger partial charge in [-0.05, 0) is 31.5 Å². The second kappa shape index (κ2) is 5.00. The van der Waals surface area contributed by atoms with Gasteiger partial charge in [0.15, 0.2) is 0 Å². The highest BCUT2D eigenvalue weighted by Crippen LogP contribution is 2.22. The van der Waals surface area contributed by atoms with Crippen LogP contribution in [0.15, 0.2) is 12.1 Å². The molecule has 0 aliphatic carbocycles. The van der Waals surface area contributed by atoms with Crippen molar-refractivity contribution in [3.05, 3.63) is 34.9 Å². The Morgan fingerprint density at radius 2 is 1.76 bits per heavy atom. The summed E-state index contributed by atoms with van der Waals surface area (Å²) in [4.78, 5) is 0. The molecule has 0 spiro atoms. The van der Waals surface area contributed by atoms with Crippen molar-refractivity contribution in [2.75, 3.05) is 6.54 Å². The topological polar surface area (TPSA) is 12.0 Å². The van der Waals surface area contributed by atoms with Gasteiger partial charge in [0.25, 0.3) is 0 Å². The first-order chi connectivity index (χ1) is 7.70. The Balaban J connectivity index is 2.82. The Kier molecular flexibility index (Phi) is 4.08. The van der Waals surface area contributed by atoms with Gasteiger partial charge < -0.3 is 5.32 Å². The van der Waals surface area contributed by atoms with E-state index in [4.69, 9.17) is 0 Å². The van der Waals surface area contributed by atoms with Crippen LogP contribution in [0.5, 0.6) is 0 Å². The highest BCUT2D eigenvalue weighted by molar-refractivity contribution is 5.27. The van der Waals surface area contributed by atoms with Gasteiger partial charge in [-0.1, -0.05) is 0 Å². The standard InChI is InChI=1S/C11H12F5N/c1-6-3-10(13)8(4-9(6)12)7(2)17-5-11(14,15)16/h3-4,7,17H,5H2,1-2H3. The molecule has 1 nitrogen and oxygen atoms in total. The second-order valence-electron chi connectivity index (χ2n) is 3.84. The zero-order valence-corrected chi connectivity index (χ0v) is 9.33. The van der Waals surface area contributed by atoms with E-state index in [0.29, 0.717) is 0 Å². The van der Waals surface area contributed by atoms with Crippen LogP contribution in [0.25, 0.3) is 0 Å². The zero-order chi connectivity index (χ0) is 13.2. The molecule has 6 heteroatoms. The molecule has 1 atom stereocenters. The van der Waals surface area contributed by atoms with Gasteiger partial charge in [-0.2, -0.15) is 13.2 Å². The van der Waals surface area contributed by atoms with Crippen molar-refractivity contribution in [1.29, 1.82) is 0 Å². The molecule has 1 N–H and O–H groups in total. The van der Waals surface area contributed by atoms with Crippen molar-refractivity contribution in [3.8, 4) is 0 Å². The van der Waals surface area contributed by atoms with Crippen LogP contribution < -0.4 is 5.32 Å². The molecular formula is C11H12F5N. The van der Waals surface area contributed by atoms with E-state index in [1.54, 1.807) is 0 Å². The van der Waals surface area contributed by atoms with Crippen LogP contribution in [0.2, 0.25) is 0 Å². The average Bonchev–Trinajstić information content (AvgIpc) is 2.19. The van der Waals surface area contributed by atoms with Crippen LogP contribution in [0.3, 0.4) is 0 Å². The van der Waals surface area contributed by atoms with E-state index >= 15 is 0 Å². The molecule has 0 saturated heterocycles. The van der Waals surface area contributed by atoms with Crippen LogP contribution >= 0.6 is 0 Å². The summed E-state index contributed by atoms with van der Waals surface area (Å²) >= 11 is 0.